The SMILES string of the molecule is C[C@H](Oc1ccc(C#N)cn1)C1CN(C(=O)C2CCCCC2)C[C@@H]1c1ccc(Cl)c(Cl)c1. The molecule has 0 radical (unpaired) electrons. The average molecular weight is 472 g/mol. The van der Waals surface area contributed by atoms with E-state index in [1.54, 1.807) is 12.1 Å². The monoisotopic (exact) mass is 471 g/mol. The van der Waals surface area contributed by atoms with Crippen molar-refractivity contribution in [2.24, 2.45) is 11.8 Å². The Labute approximate surface area is 199 Å². The second-order valence-electron chi connectivity index (χ2n) is 8.84. The van der Waals surface area contributed by atoms with Gasteiger partial charge >= 0.3 is 0 Å². The first-order valence-electron chi connectivity index (χ1n) is 11.2. The van der Waals surface area contributed by atoms with Crippen LogP contribution in [0.2, 0.25) is 10.0 Å². The quantitative estimate of drug-likeness (QED) is 0.548. The fraction of sp³-hybridized carbons (Fsp3) is 0.480. The molecule has 0 spiro atoms. The molecule has 1 amide bonds. The van der Waals surface area contributed by atoms with Crippen LogP contribution < -0.4 is 4.74 Å². The van der Waals surface area contributed by atoms with Crippen LogP contribution in [0.3, 0.4) is 0 Å². The number of aromatic nitrogens is 1. The van der Waals surface area contributed by atoms with Crippen LogP contribution in [0.5, 0.6) is 5.88 Å². The summed E-state index contributed by atoms with van der Waals surface area (Å²) < 4.78 is 6.16. The number of ether oxygens (including phenoxy) is 1. The molecule has 0 bridgehead atoms. The third kappa shape index (κ3) is 5.03. The van der Waals surface area contributed by atoms with Crippen LogP contribution in [-0.4, -0.2) is 35.0 Å². The van der Waals surface area contributed by atoms with Gasteiger partial charge in [0.15, 0.2) is 0 Å². The summed E-state index contributed by atoms with van der Waals surface area (Å²) in [7, 11) is 0. The summed E-state index contributed by atoms with van der Waals surface area (Å²) in [5.41, 5.74) is 1.55. The molecule has 1 aromatic heterocycles. The molecule has 3 atom stereocenters. The number of nitriles is 1. The van der Waals surface area contributed by atoms with Gasteiger partial charge in [0.1, 0.15) is 12.2 Å². The summed E-state index contributed by atoms with van der Waals surface area (Å²) in [4.78, 5) is 19.6. The molecule has 2 fully saturated rings. The molecule has 1 saturated carbocycles. The summed E-state index contributed by atoms with van der Waals surface area (Å²) in [6.45, 7) is 3.30. The predicted molar refractivity (Wildman–Crippen MR) is 125 cm³/mol. The number of carbonyl (C=O) groups is 1. The zero-order valence-electron chi connectivity index (χ0n) is 18.1. The Bertz CT molecular complexity index is 999. The van der Waals surface area contributed by atoms with Crippen LogP contribution in [0.15, 0.2) is 36.5 Å². The molecular weight excluding hydrogens is 445 g/mol. The van der Waals surface area contributed by atoms with E-state index in [2.05, 4.69) is 11.1 Å². The Balaban J connectivity index is 1.56. The third-order valence-corrected chi connectivity index (χ3v) is 7.52. The van der Waals surface area contributed by atoms with E-state index in [1.165, 1.54) is 12.6 Å². The summed E-state index contributed by atoms with van der Waals surface area (Å²) in [5, 5.41) is 10.0. The summed E-state index contributed by atoms with van der Waals surface area (Å²) in [6.07, 6.45) is 6.78. The van der Waals surface area contributed by atoms with Crippen LogP contribution in [0.4, 0.5) is 0 Å². The Morgan fingerprint density at radius 1 is 1.16 bits per heavy atom. The molecule has 32 heavy (non-hydrogen) atoms. The molecule has 0 N–H and O–H groups in total. The van der Waals surface area contributed by atoms with E-state index in [4.69, 9.17) is 33.2 Å². The minimum atomic E-state index is -0.181. The van der Waals surface area contributed by atoms with Crippen LogP contribution in [0, 0.1) is 23.2 Å². The first kappa shape index (κ1) is 22.9. The van der Waals surface area contributed by atoms with E-state index in [0.29, 0.717) is 34.6 Å². The number of hydrogen-bond donors (Lipinski definition) is 0. The highest BCUT2D eigenvalue weighted by atomic mass is 35.5. The Hall–Kier alpha value is -2.29. The van der Waals surface area contributed by atoms with Crippen molar-refractivity contribution in [2.45, 2.75) is 51.0 Å². The summed E-state index contributed by atoms with van der Waals surface area (Å²) in [6, 6.07) is 11.2. The van der Waals surface area contributed by atoms with E-state index in [-0.39, 0.29) is 29.8 Å². The second-order valence-corrected chi connectivity index (χ2v) is 9.66. The molecular formula is C25H27Cl2N3O2. The minimum Gasteiger partial charge on any atom is -0.474 e. The van der Waals surface area contributed by atoms with Crippen molar-refractivity contribution in [1.82, 2.24) is 9.88 Å². The lowest BCUT2D eigenvalue weighted by molar-refractivity contribution is -0.135. The smallest absolute Gasteiger partial charge is 0.225 e. The molecule has 1 unspecified atom stereocenters. The highest BCUT2D eigenvalue weighted by Crippen LogP contribution is 2.39. The minimum absolute atomic E-state index is 0.0808. The molecule has 1 aliphatic heterocycles. The van der Waals surface area contributed by atoms with Gasteiger partial charge in [-0.15, -0.1) is 0 Å². The Kier molecular flexibility index (Phi) is 7.23. The highest BCUT2D eigenvalue weighted by Gasteiger charge is 2.41. The van der Waals surface area contributed by atoms with Crippen molar-refractivity contribution in [3.8, 4) is 11.9 Å². The van der Waals surface area contributed by atoms with Gasteiger partial charge in [0.05, 0.1) is 15.6 Å². The van der Waals surface area contributed by atoms with Gasteiger partial charge in [-0.2, -0.15) is 5.26 Å². The standard InChI is InChI=1S/C25H27Cl2N3O2/c1-16(32-24-10-7-17(12-28)13-29-24)20-14-30(25(31)18-5-3-2-4-6-18)15-21(20)19-8-9-22(26)23(27)11-19/h7-11,13,16,18,20-21H,2-6,14-15H2,1H3/t16-,20?,21+/m0/s1. The van der Waals surface area contributed by atoms with Gasteiger partial charge in [-0.3, -0.25) is 4.79 Å². The molecule has 7 heteroatoms. The number of carbonyl (C=O) groups excluding carboxylic acids is 1. The number of likely N-dealkylation sites (tertiary alicyclic amines) is 1. The molecule has 1 aliphatic carbocycles. The van der Waals surface area contributed by atoms with Crippen molar-refractivity contribution >= 4 is 29.1 Å². The normalized spacial score (nSPS) is 22.4. The van der Waals surface area contributed by atoms with Crippen molar-refractivity contribution in [2.75, 3.05) is 13.1 Å². The van der Waals surface area contributed by atoms with E-state index < -0.39 is 0 Å². The van der Waals surface area contributed by atoms with Gasteiger partial charge in [0.25, 0.3) is 0 Å². The Morgan fingerprint density at radius 2 is 1.94 bits per heavy atom. The maximum absolute atomic E-state index is 13.3. The maximum atomic E-state index is 13.3. The third-order valence-electron chi connectivity index (χ3n) is 6.78. The highest BCUT2D eigenvalue weighted by molar-refractivity contribution is 6.42. The first-order valence-corrected chi connectivity index (χ1v) is 12.0. The zero-order valence-corrected chi connectivity index (χ0v) is 19.6. The van der Waals surface area contributed by atoms with Gasteiger partial charge in [0, 0.05) is 43.1 Å². The lowest BCUT2D eigenvalue weighted by Crippen LogP contribution is -2.36. The summed E-state index contributed by atoms with van der Waals surface area (Å²) in [5.74, 6) is 1.04. The molecule has 1 saturated heterocycles. The first-order chi connectivity index (χ1) is 15.5. The molecule has 2 aliphatic rings. The van der Waals surface area contributed by atoms with Crippen LogP contribution in [0.1, 0.15) is 56.1 Å². The number of halogens is 2. The van der Waals surface area contributed by atoms with E-state index in [0.717, 1.165) is 31.2 Å². The van der Waals surface area contributed by atoms with Crippen molar-refractivity contribution in [1.29, 1.82) is 5.26 Å². The van der Waals surface area contributed by atoms with E-state index >= 15 is 0 Å². The number of nitrogens with zero attached hydrogens (tertiary/aromatic N) is 3. The molecule has 5 nitrogen and oxygen atoms in total. The number of amides is 1. The molecule has 2 aromatic rings. The van der Waals surface area contributed by atoms with E-state index in [9.17, 15) is 4.79 Å². The van der Waals surface area contributed by atoms with Gasteiger partial charge in [-0.05, 0) is 43.5 Å². The van der Waals surface area contributed by atoms with E-state index in [1.807, 2.05) is 30.0 Å². The van der Waals surface area contributed by atoms with Crippen molar-refractivity contribution < 1.29 is 9.53 Å². The molecule has 4 rings (SSSR count). The van der Waals surface area contributed by atoms with Gasteiger partial charge in [-0.25, -0.2) is 4.98 Å². The zero-order chi connectivity index (χ0) is 22.7. The topological polar surface area (TPSA) is 66.2 Å². The van der Waals surface area contributed by atoms with Crippen molar-refractivity contribution in [3.05, 3.63) is 57.7 Å². The Morgan fingerprint density at radius 3 is 2.59 bits per heavy atom. The lowest BCUT2D eigenvalue weighted by Gasteiger charge is -2.27. The average Bonchev–Trinajstić information content (AvgIpc) is 3.27. The number of pyridine rings is 1. The number of hydrogen-bond acceptors (Lipinski definition) is 4. The largest absolute Gasteiger partial charge is 0.474 e. The summed E-state index contributed by atoms with van der Waals surface area (Å²) >= 11 is 12.5. The predicted octanol–water partition coefficient (Wildman–Crippen LogP) is 5.85. The lowest BCUT2D eigenvalue weighted by atomic mass is 9.86. The van der Waals surface area contributed by atoms with Crippen LogP contribution in [0.25, 0.3) is 0 Å². The maximum Gasteiger partial charge on any atom is 0.225 e. The fourth-order valence-electron chi connectivity index (χ4n) is 4.98. The molecule has 2 heterocycles. The van der Waals surface area contributed by atoms with Gasteiger partial charge < -0.3 is 9.64 Å². The molecule has 1 aromatic carbocycles. The van der Waals surface area contributed by atoms with Gasteiger partial charge in [0.2, 0.25) is 11.8 Å². The van der Waals surface area contributed by atoms with Crippen LogP contribution >= 0.6 is 23.2 Å². The fourth-order valence-corrected chi connectivity index (χ4v) is 5.29. The number of rotatable bonds is 5. The van der Waals surface area contributed by atoms with Crippen molar-refractivity contribution in [3.63, 3.8) is 0 Å². The van der Waals surface area contributed by atoms with Crippen LogP contribution in [-0.2, 0) is 4.79 Å². The number of benzene rings is 1. The van der Waals surface area contributed by atoms with Gasteiger partial charge in [-0.1, -0.05) is 48.5 Å². The second kappa shape index (κ2) is 10.1. The molecule has 168 valence electrons.